The zero-order valence-corrected chi connectivity index (χ0v) is 5.89. The maximum atomic E-state index is 12.6. The minimum Gasteiger partial charge on any atom is -0.207 e. The van der Waals surface area contributed by atoms with E-state index in [2.05, 4.69) is 6.92 Å². The normalized spacial score (nSPS) is 21.6. The Morgan fingerprint density at radius 2 is 2.30 bits per heavy atom. The van der Waals surface area contributed by atoms with E-state index in [1.54, 1.807) is 6.07 Å². The maximum Gasteiger partial charge on any atom is 0.123 e. The fourth-order valence-electron chi connectivity index (χ4n) is 1.52. The van der Waals surface area contributed by atoms with Crippen molar-refractivity contribution in [2.24, 2.45) is 0 Å². The quantitative estimate of drug-likeness (QED) is 0.514. The topological polar surface area (TPSA) is 0 Å². The second kappa shape index (κ2) is 1.82. The van der Waals surface area contributed by atoms with E-state index in [1.807, 2.05) is 6.07 Å². The molecule has 0 spiro atoms. The summed E-state index contributed by atoms with van der Waals surface area (Å²) in [6, 6.07) is 5.05. The second-order valence-electron chi connectivity index (χ2n) is 2.95. The van der Waals surface area contributed by atoms with Crippen LogP contribution in [0.1, 0.15) is 24.0 Å². The van der Waals surface area contributed by atoms with Crippen LogP contribution in [0.4, 0.5) is 4.39 Å². The van der Waals surface area contributed by atoms with E-state index in [9.17, 15) is 4.39 Å². The van der Waals surface area contributed by atoms with Crippen molar-refractivity contribution < 1.29 is 4.39 Å². The van der Waals surface area contributed by atoms with Gasteiger partial charge in [-0.2, -0.15) is 0 Å². The summed E-state index contributed by atoms with van der Waals surface area (Å²) in [5.74, 6) is 0.469. The molecule has 1 aromatic carbocycles. The number of rotatable bonds is 0. The third kappa shape index (κ3) is 0.666. The first-order valence-corrected chi connectivity index (χ1v) is 3.55. The second-order valence-corrected chi connectivity index (χ2v) is 2.95. The summed E-state index contributed by atoms with van der Waals surface area (Å²) in [7, 11) is 0. The SMILES string of the molecule is CC1Cc2ccc(F)cc21. The Morgan fingerprint density at radius 1 is 1.50 bits per heavy atom. The van der Waals surface area contributed by atoms with Gasteiger partial charge in [0.1, 0.15) is 5.82 Å². The number of fused-ring (bicyclic) bond motifs is 1. The van der Waals surface area contributed by atoms with Gasteiger partial charge in [-0.3, -0.25) is 0 Å². The summed E-state index contributed by atoms with van der Waals surface area (Å²) in [5.41, 5.74) is 2.51. The first-order chi connectivity index (χ1) is 4.77. The molecule has 1 aromatic rings. The number of hydrogen-bond acceptors (Lipinski definition) is 0. The summed E-state index contributed by atoms with van der Waals surface area (Å²) >= 11 is 0. The lowest BCUT2D eigenvalue weighted by molar-refractivity contribution is 0.601. The third-order valence-corrected chi connectivity index (χ3v) is 2.16. The van der Waals surface area contributed by atoms with E-state index in [0.717, 1.165) is 6.42 Å². The van der Waals surface area contributed by atoms with E-state index in [-0.39, 0.29) is 5.82 Å². The summed E-state index contributed by atoms with van der Waals surface area (Å²) in [6.45, 7) is 2.13. The first-order valence-electron chi connectivity index (χ1n) is 3.55. The highest BCUT2D eigenvalue weighted by Gasteiger charge is 2.21. The lowest BCUT2D eigenvalue weighted by atomic mass is 9.79. The first kappa shape index (κ1) is 5.90. The molecule has 0 radical (unpaired) electrons. The molecule has 0 aromatic heterocycles. The summed E-state index contributed by atoms with van der Waals surface area (Å²) < 4.78 is 12.6. The largest absolute Gasteiger partial charge is 0.207 e. The Morgan fingerprint density at radius 3 is 2.90 bits per heavy atom. The number of halogens is 1. The van der Waals surface area contributed by atoms with Crippen molar-refractivity contribution in [2.45, 2.75) is 19.3 Å². The zero-order valence-electron chi connectivity index (χ0n) is 5.89. The van der Waals surface area contributed by atoms with Crippen molar-refractivity contribution in [3.63, 3.8) is 0 Å². The number of benzene rings is 1. The van der Waals surface area contributed by atoms with Gasteiger partial charge in [0.2, 0.25) is 0 Å². The predicted molar refractivity (Wildman–Crippen MR) is 38.5 cm³/mol. The molecule has 1 unspecified atom stereocenters. The minimum absolute atomic E-state index is 0.106. The Kier molecular flexibility index (Phi) is 1.07. The van der Waals surface area contributed by atoms with E-state index >= 15 is 0 Å². The maximum absolute atomic E-state index is 12.6. The standard InChI is InChI=1S/C9H9F/c1-6-4-7-2-3-8(10)5-9(6)7/h2-3,5-6H,4H2,1H3. The molecule has 1 atom stereocenters. The summed E-state index contributed by atoms with van der Waals surface area (Å²) in [5, 5.41) is 0. The lowest BCUT2D eigenvalue weighted by Gasteiger charge is -2.26. The molecule has 1 heteroatoms. The Labute approximate surface area is 59.7 Å². The third-order valence-electron chi connectivity index (χ3n) is 2.16. The zero-order chi connectivity index (χ0) is 7.14. The van der Waals surface area contributed by atoms with Crippen molar-refractivity contribution in [1.82, 2.24) is 0 Å². The highest BCUT2D eigenvalue weighted by atomic mass is 19.1. The van der Waals surface area contributed by atoms with E-state index in [4.69, 9.17) is 0 Å². The molecule has 0 aliphatic heterocycles. The van der Waals surface area contributed by atoms with Crippen LogP contribution < -0.4 is 0 Å². The molecule has 0 saturated carbocycles. The average Bonchev–Trinajstić information content (AvgIpc) is 1.92. The molecule has 0 heterocycles. The van der Waals surface area contributed by atoms with E-state index in [0.29, 0.717) is 5.92 Å². The fourth-order valence-corrected chi connectivity index (χ4v) is 1.52. The van der Waals surface area contributed by atoms with Crippen molar-refractivity contribution in [2.75, 3.05) is 0 Å². The molecule has 1 aliphatic carbocycles. The highest BCUT2D eigenvalue weighted by Crippen LogP contribution is 2.34. The summed E-state index contributed by atoms with van der Waals surface area (Å²) in [4.78, 5) is 0. The van der Waals surface area contributed by atoms with Crippen LogP contribution in [0, 0.1) is 5.82 Å². The van der Waals surface area contributed by atoms with Gasteiger partial charge in [-0.15, -0.1) is 0 Å². The van der Waals surface area contributed by atoms with Crippen LogP contribution >= 0.6 is 0 Å². The Hall–Kier alpha value is -0.850. The molecule has 0 fully saturated rings. The Bertz CT molecular complexity index is 265. The lowest BCUT2D eigenvalue weighted by Crippen LogP contribution is -2.13. The van der Waals surface area contributed by atoms with Crippen LogP contribution in [0.2, 0.25) is 0 Å². The smallest absolute Gasteiger partial charge is 0.123 e. The van der Waals surface area contributed by atoms with Gasteiger partial charge in [0, 0.05) is 0 Å². The van der Waals surface area contributed by atoms with Crippen molar-refractivity contribution in [3.8, 4) is 0 Å². The van der Waals surface area contributed by atoms with Gasteiger partial charge in [-0.25, -0.2) is 4.39 Å². The van der Waals surface area contributed by atoms with Crippen molar-refractivity contribution >= 4 is 0 Å². The van der Waals surface area contributed by atoms with Gasteiger partial charge in [0.05, 0.1) is 0 Å². The molecule has 0 N–H and O–H groups in total. The van der Waals surface area contributed by atoms with Crippen LogP contribution in [-0.4, -0.2) is 0 Å². The molecule has 0 amide bonds. The molecule has 1 aliphatic rings. The number of hydrogen-bond donors (Lipinski definition) is 0. The molecule has 0 bridgehead atoms. The van der Waals surface area contributed by atoms with Crippen LogP contribution in [0.15, 0.2) is 18.2 Å². The average molecular weight is 136 g/mol. The van der Waals surface area contributed by atoms with Gasteiger partial charge in [0.25, 0.3) is 0 Å². The monoisotopic (exact) mass is 136 g/mol. The minimum atomic E-state index is -0.106. The molecule has 0 saturated heterocycles. The van der Waals surface area contributed by atoms with E-state index in [1.165, 1.54) is 17.2 Å². The molecule has 2 rings (SSSR count). The van der Waals surface area contributed by atoms with Crippen LogP contribution in [0.5, 0.6) is 0 Å². The summed E-state index contributed by atoms with van der Waals surface area (Å²) in [6.07, 6.45) is 1.12. The van der Waals surface area contributed by atoms with Crippen molar-refractivity contribution in [1.29, 1.82) is 0 Å². The highest BCUT2D eigenvalue weighted by molar-refractivity contribution is 5.39. The van der Waals surface area contributed by atoms with Crippen LogP contribution in [0.3, 0.4) is 0 Å². The van der Waals surface area contributed by atoms with Gasteiger partial charge < -0.3 is 0 Å². The van der Waals surface area contributed by atoms with Gasteiger partial charge >= 0.3 is 0 Å². The molecule has 10 heavy (non-hydrogen) atoms. The predicted octanol–water partition coefficient (Wildman–Crippen LogP) is 2.49. The van der Waals surface area contributed by atoms with Crippen molar-refractivity contribution in [3.05, 3.63) is 35.1 Å². The molecule has 0 nitrogen and oxygen atoms in total. The van der Waals surface area contributed by atoms with Gasteiger partial charge in [0.15, 0.2) is 0 Å². The molecule has 52 valence electrons. The van der Waals surface area contributed by atoms with Crippen LogP contribution in [-0.2, 0) is 6.42 Å². The van der Waals surface area contributed by atoms with Gasteiger partial charge in [-0.05, 0) is 35.6 Å². The van der Waals surface area contributed by atoms with Gasteiger partial charge in [-0.1, -0.05) is 13.0 Å². The van der Waals surface area contributed by atoms with Crippen LogP contribution in [0.25, 0.3) is 0 Å². The van der Waals surface area contributed by atoms with E-state index < -0.39 is 0 Å². The Balaban J connectivity index is 2.51. The fraction of sp³-hybridized carbons (Fsp3) is 0.333. The molecular formula is C9H9F. The molecular weight excluding hydrogens is 127 g/mol.